The minimum Gasteiger partial charge on any atom is -0.383 e. The van der Waals surface area contributed by atoms with Gasteiger partial charge in [-0.1, -0.05) is 11.6 Å². The number of piperidine rings is 2. The smallest absolute Gasteiger partial charge is 0.253 e. The molecule has 142 valence electrons. The first-order valence-corrected chi connectivity index (χ1v) is 9.64. The van der Waals surface area contributed by atoms with E-state index in [0.29, 0.717) is 36.7 Å². The average Bonchev–Trinajstić information content (AvgIpc) is 2.64. The van der Waals surface area contributed by atoms with Gasteiger partial charge in [-0.15, -0.1) is 0 Å². The van der Waals surface area contributed by atoms with Gasteiger partial charge in [0.25, 0.3) is 5.91 Å². The third-order valence-electron chi connectivity index (χ3n) is 5.67. The van der Waals surface area contributed by atoms with Crippen LogP contribution >= 0.6 is 11.6 Å². The van der Waals surface area contributed by atoms with Gasteiger partial charge < -0.3 is 14.5 Å². The molecule has 6 heteroatoms. The molecule has 2 fully saturated rings. The van der Waals surface area contributed by atoms with Crippen LogP contribution in [0.2, 0.25) is 5.02 Å². The van der Waals surface area contributed by atoms with Gasteiger partial charge in [-0.3, -0.25) is 9.59 Å². The summed E-state index contributed by atoms with van der Waals surface area (Å²) in [6.07, 6.45) is 3.46. The van der Waals surface area contributed by atoms with E-state index < -0.39 is 0 Å². The molecule has 0 bridgehead atoms. The van der Waals surface area contributed by atoms with E-state index in [2.05, 4.69) is 0 Å². The molecule has 0 aliphatic carbocycles. The van der Waals surface area contributed by atoms with E-state index in [4.69, 9.17) is 16.3 Å². The van der Waals surface area contributed by atoms with Crippen LogP contribution in [-0.4, -0.2) is 61.5 Å². The monoisotopic (exact) mass is 378 g/mol. The molecule has 0 aromatic heterocycles. The summed E-state index contributed by atoms with van der Waals surface area (Å²) in [6, 6.07) is 5.45. The Kier molecular flexibility index (Phi) is 5.88. The van der Waals surface area contributed by atoms with Gasteiger partial charge in [-0.25, -0.2) is 0 Å². The highest BCUT2D eigenvalue weighted by Crippen LogP contribution is 2.39. The Hall–Kier alpha value is -1.59. The van der Waals surface area contributed by atoms with Gasteiger partial charge in [-0.2, -0.15) is 0 Å². The van der Waals surface area contributed by atoms with Crippen LogP contribution in [0.4, 0.5) is 0 Å². The van der Waals surface area contributed by atoms with Crippen molar-refractivity contribution in [3.8, 4) is 0 Å². The third-order valence-corrected chi connectivity index (χ3v) is 6.09. The number of methoxy groups -OCH3 is 1. The van der Waals surface area contributed by atoms with E-state index in [1.165, 1.54) is 0 Å². The summed E-state index contributed by atoms with van der Waals surface area (Å²) in [5, 5.41) is 0.677. The number of rotatable bonds is 4. The number of likely N-dealkylation sites (tertiary alicyclic amines) is 2. The van der Waals surface area contributed by atoms with Crippen molar-refractivity contribution in [1.82, 2.24) is 9.80 Å². The van der Waals surface area contributed by atoms with Crippen LogP contribution in [0.3, 0.4) is 0 Å². The molecular weight excluding hydrogens is 352 g/mol. The fourth-order valence-electron chi connectivity index (χ4n) is 4.18. The van der Waals surface area contributed by atoms with Gasteiger partial charge in [0.05, 0.1) is 6.61 Å². The number of ether oxygens (including phenoxy) is 1. The number of hydrogen-bond donors (Lipinski definition) is 0. The van der Waals surface area contributed by atoms with Gasteiger partial charge in [0.1, 0.15) is 0 Å². The standard InChI is InChI=1S/C20H27ClN2O3/c1-15-12-16(4-5-17(15)21)19(25)23-9-3-7-20(14-23)8-6-18(24)22(13-20)10-11-26-2/h4-5,12H,3,6-11,13-14H2,1-2H3. The van der Waals surface area contributed by atoms with Gasteiger partial charge in [0.15, 0.2) is 0 Å². The van der Waals surface area contributed by atoms with Crippen LogP contribution in [-0.2, 0) is 9.53 Å². The molecular formula is C20H27ClN2O3. The summed E-state index contributed by atoms with van der Waals surface area (Å²) in [5.41, 5.74) is 1.61. The van der Waals surface area contributed by atoms with E-state index in [1.54, 1.807) is 19.2 Å². The molecule has 0 radical (unpaired) electrons. The number of amides is 2. The Bertz CT molecular complexity index is 694. The summed E-state index contributed by atoms with van der Waals surface area (Å²) in [5.74, 6) is 0.258. The van der Waals surface area contributed by atoms with Gasteiger partial charge in [-0.05, 0) is 49.9 Å². The second-order valence-electron chi connectivity index (χ2n) is 7.60. The molecule has 2 heterocycles. The summed E-state index contributed by atoms with van der Waals surface area (Å²) < 4.78 is 5.14. The summed E-state index contributed by atoms with van der Waals surface area (Å²) >= 11 is 6.09. The van der Waals surface area contributed by atoms with Crippen LogP contribution in [0.25, 0.3) is 0 Å². The molecule has 1 atom stereocenters. The van der Waals surface area contributed by atoms with Crippen LogP contribution in [0.5, 0.6) is 0 Å². The molecule has 0 N–H and O–H groups in total. The van der Waals surface area contributed by atoms with Crippen LogP contribution in [0.1, 0.15) is 41.6 Å². The molecule has 1 aromatic rings. The maximum Gasteiger partial charge on any atom is 0.253 e. The predicted octanol–water partition coefficient (Wildman–Crippen LogP) is 3.14. The largest absolute Gasteiger partial charge is 0.383 e. The lowest BCUT2D eigenvalue weighted by atomic mass is 9.73. The normalized spacial score (nSPS) is 23.6. The lowest BCUT2D eigenvalue weighted by molar-refractivity contribution is -0.139. The lowest BCUT2D eigenvalue weighted by Crippen LogP contribution is -2.55. The van der Waals surface area contributed by atoms with Gasteiger partial charge >= 0.3 is 0 Å². The Morgan fingerprint density at radius 2 is 2.12 bits per heavy atom. The highest BCUT2D eigenvalue weighted by Gasteiger charge is 2.42. The number of halogens is 1. The molecule has 26 heavy (non-hydrogen) atoms. The fraction of sp³-hybridized carbons (Fsp3) is 0.600. The predicted molar refractivity (Wildman–Crippen MR) is 101 cm³/mol. The first-order valence-electron chi connectivity index (χ1n) is 9.26. The van der Waals surface area contributed by atoms with Crippen LogP contribution in [0.15, 0.2) is 18.2 Å². The lowest BCUT2D eigenvalue weighted by Gasteiger charge is -2.48. The number of aryl methyl sites for hydroxylation is 1. The third kappa shape index (κ3) is 4.04. The highest BCUT2D eigenvalue weighted by atomic mass is 35.5. The van der Waals surface area contributed by atoms with Crippen molar-refractivity contribution in [3.63, 3.8) is 0 Å². The maximum absolute atomic E-state index is 13.0. The topological polar surface area (TPSA) is 49.9 Å². The van der Waals surface area contributed by atoms with Crippen molar-refractivity contribution in [1.29, 1.82) is 0 Å². The van der Waals surface area contributed by atoms with E-state index in [9.17, 15) is 9.59 Å². The molecule has 2 saturated heterocycles. The minimum absolute atomic E-state index is 0.0109. The zero-order chi connectivity index (χ0) is 18.7. The van der Waals surface area contributed by atoms with E-state index in [-0.39, 0.29) is 17.2 Å². The number of hydrogen-bond acceptors (Lipinski definition) is 3. The first-order chi connectivity index (χ1) is 12.4. The Labute approximate surface area is 160 Å². The molecule has 1 spiro atoms. The molecule has 3 rings (SSSR count). The summed E-state index contributed by atoms with van der Waals surface area (Å²) in [6.45, 7) is 5.30. The quantitative estimate of drug-likeness (QED) is 0.808. The van der Waals surface area contributed by atoms with Crippen molar-refractivity contribution >= 4 is 23.4 Å². The SMILES string of the molecule is COCCN1CC2(CCCN(C(=O)c3ccc(Cl)c(C)c3)C2)CCC1=O. The van der Waals surface area contributed by atoms with Crippen molar-refractivity contribution in [2.75, 3.05) is 39.9 Å². The van der Waals surface area contributed by atoms with E-state index in [0.717, 1.165) is 37.9 Å². The van der Waals surface area contributed by atoms with Crippen molar-refractivity contribution < 1.29 is 14.3 Å². The second kappa shape index (κ2) is 7.97. The molecule has 0 saturated carbocycles. The van der Waals surface area contributed by atoms with Crippen LogP contribution < -0.4 is 0 Å². The van der Waals surface area contributed by atoms with E-state index >= 15 is 0 Å². The molecule has 1 aromatic carbocycles. The van der Waals surface area contributed by atoms with Gasteiger partial charge in [0, 0.05) is 55.7 Å². The summed E-state index contributed by atoms with van der Waals surface area (Å²) in [7, 11) is 1.65. The molecule has 5 nitrogen and oxygen atoms in total. The van der Waals surface area contributed by atoms with Crippen molar-refractivity contribution in [2.45, 2.75) is 32.6 Å². The second-order valence-corrected chi connectivity index (χ2v) is 8.01. The maximum atomic E-state index is 13.0. The summed E-state index contributed by atoms with van der Waals surface area (Å²) in [4.78, 5) is 29.1. The molecule has 2 aliphatic heterocycles. The Morgan fingerprint density at radius 3 is 2.85 bits per heavy atom. The number of carbonyl (C=O) groups is 2. The van der Waals surface area contributed by atoms with E-state index in [1.807, 2.05) is 22.8 Å². The van der Waals surface area contributed by atoms with Gasteiger partial charge in [0.2, 0.25) is 5.91 Å². The average molecular weight is 379 g/mol. The Balaban J connectivity index is 1.72. The van der Waals surface area contributed by atoms with Crippen LogP contribution in [0, 0.1) is 12.3 Å². The van der Waals surface area contributed by atoms with Crippen molar-refractivity contribution in [3.05, 3.63) is 34.3 Å². The highest BCUT2D eigenvalue weighted by molar-refractivity contribution is 6.31. The molecule has 2 amide bonds. The fourth-order valence-corrected chi connectivity index (χ4v) is 4.30. The zero-order valence-corrected chi connectivity index (χ0v) is 16.3. The Morgan fingerprint density at radius 1 is 1.31 bits per heavy atom. The minimum atomic E-state index is 0.0109. The number of nitrogens with zero attached hydrogens (tertiary/aromatic N) is 2. The zero-order valence-electron chi connectivity index (χ0n) is 15.6. The number of benzene rings is 1. The van der Waals surface area contributed by atoms with Crippen molar-refractivity contribution in [2.24, 2.45) is 5.41 Å². The molecule has 1 unspecified atom stereocenters. The molecule has 2 aliphatic rings. The first kappa shape index (κ1) is 19.2. The number of carbonyl (C=O) groups excluding carboxylic acids is 2.